The van der Waals surface area contributed by atoms with Crippen molar-refractivity contribution in [3.8, 4) is 11.5 Å². The van der Waals surface area contributed by atoms with E-state index in [1.165, 1.54) is 18.2 Å². The van der Waals surface area contributed by atoms with E-state index in [9.17, 15) is 18.0 Å². The monoisotopic (exact) mass is 514 g/mol. The summed E-state index contributed by atoms with van der Waals surface area (Å²) in [7, 11) is 2.10. The second kappa shape index (κ2) is 10.2. The SMILES string of the molecule is CN1CCN(c2cc(Cn3cc(-c4nc(C5=CC=C(OC(F)(F)F)CC5)no4)ccc3=O)ccn2)CC1. The number of rotatable bonds is 6. The van der Waals surface area contributed by atoms with E-state index in [1.54, 1.807) is 23.0 Å². The molecule has 0 radical (unpaired) electrons. The number of halogens is 3. The van der Waals surface area contributed by atoms with Gasteiger partial charge < -0.3 is 23.6 Å². The van der Waals surface area contributed by atoms with Gasteiger partial charge in [-0.3, -0.25) is 4.79 Å². The van der Waals surface area contributed by atoms with E-state index in [1.807, 2.05) is 12.1 Å². The zero-order chi connectivity index (χ0) is 26.0. The fourth-order valence-corrected chi connectivity index (χ4v) is 4.25. The highest BCUT2D eigenvalue weighted by Crippen LogP contribution is 2.31. The highest BCUT2D eigenvalue weighted by atomic mass is 19.4. The van der Waals surface area contributed by atoms with Gasteiger partial charge in [0, 0.05) is 56.6 Å². The molecule has 9 nitrogen and oxygen atoms in total. The Kier molecular flexibility index (Phi) is 6.83. The predicted molar refractivity (Wildman–Crippen MR) is 129 cm³/mol. The molecule has 37 heavy (non-hydrogen) atoms. The summed E-state index contributed by atoms with van der Waals surface area (Å²) in [5.41, 5.74) is 1.94. The lowest BCUT2D eigenvalue weighted by molar-refractivity contribution is -0.306. The van der Waals surface area contributed by atoms with Crippen molar-refractivity contribution in [2.24, 2.45) is 0 Å². The first kappa shape index (κ1) is 24.8. The molecule has 1 fully saturated rings. The first-order valence-corrected chi connectivity index (χ1v) is 11.8. The highest BCUT2D eigenvalue weighted by Gasteiger charge is 2.32. The number of anilines is 1. The zero-order valence-corrected chi connectivity index (χ0v) is 20.1. The van der Waals surface area contributed by atoms with Crippen LogP contribution < -0.4 is 10.5 Å². The number of likely N-dealkylation sites (N-methyl/N-ethyl adjacent to an activating group) is 1. The molecule has 5 rings (SSSR count). The molecule has 0 bridgehead atoms. The van der Waals surface area contributed by atoms with Crippen LogP contribution in [0.5, 0.6) is 0 Å². The van der Waals surface area contributed by atoms with Crippen molar-refractivity contribution < 1.29 is 22.4 Å². The molecule has 3 aromatic heterocycles. The van der Waals surface area contributed by atoms with Gasteiger partial charge in [-0.25, -0.2) is 4.98 Å². The molecule has 2 aliphatic rings. The number of alkyl halides is 3. The van der Waals surface area contributed by atoms with E-state index in [2.05, 4.69) is 36.7 Å². The Labute approximate surface area is 210 Å². The normalized spacial score (nSPS) is 16.9. The Morgan fingerprint density at radius 2 is 1.89 bits per heavy atom. The molecule has 1 aliphatic heterocycles. The van der Waals surface area contributed by atoms with Crippen LogP contribution in [0.3, 0.4) is 0 Å². The molecule has 0 aromatic carbocycles. The summed E-state index contributed by atoms with van der Waals surface area (Å²) in [5.74, 6) is 1.20. The first-order chi connectivity index (χ1) is 17.7. The standard InChI is InChI=1S/C25H25F3N6O3/c1-32-10-12-33(13-11-32)21-14-17(8-9-29-21)15-34-16-19(4-7-22(34)35)24-30-23(31-37-24)18-2-5-20(6-3-18)36-25(26,27)28/h2,4-5,7-9,14,16H,3,6,10-13,15H2,1H3. The molecule has 0 saturated carbocycles. The smallest absolute Gasteiger partial charge is 0.410 e. The van der Waals surface area contributed by atoms with Gasteiger partial charge in [-0.1, -0.05) is 11.2 Å². The number of ether oxygens (including phenoxy) is 1. The van der Waals surface area contributed by atoms with E-state index in [-0.39, 0.29) is 35.9 Å². The lowest BCUT2D eigenvalue weighted by atomic mass is 10.0. The van der Waals surface area contributed by atoms with E-state index >= 15 is 0 Å². The number of piperazine rings is 1. The summed E-state index contributed by atoms with van der Waals surface area (Å²) < 4.78 is 48.2. The summed E-state index contributed by atoms with van der Waals surface area (Å²) in [6, 6.07) is 6.91. The fourth-order valence-electron chi connectivity index (χ4n) is 4.25. The number of hydrogen-bond acceptors (Lipinski definition) is 8. The quantitative estimate of drug-likeness (QED) is 0.492. The molecule has 1 saturated heterocycles. The van der Waals surface area contributed by atoms with E-state index in [4.69, 9.17) is 4.52 Å². The average Bonchev–Trinajstić information content (AvgIpc) is 3.36. The Bertz CT molecular complexity index is 1390. The van der Waals surface area contributed by atoms with Crippen molar-refractivity contribution in [2.45, 2.75) is 25.7 Å². The summed E-state index contributed by atoms with van der Waals surface area (Å²) in [4.78, 5) is 26.0. The third-order valence-corrected chi connectivity index (χ3v) is 6.29. The number of hydrogen-bond donors (Lipinski definition) is 0. The van der Waals surface area contributed by atoms with Crippen LogP contribution in [0.15, 0.2) is 63.9 Å². The number of allylic oxidation sites excluding steroid dienone is 4. The minimum atomic E-state index is -4.72. The molecule has 0 N–H and O–H groups in total. The molecule has 0 amide bonds. The Hall–Kier alpha value is -3.93. The molecule has 4 heterocycles. The van der Waals surface area contributed by atoms with E-state index in [0.29, 0.717) is 17.7 Å². The van der Waals surface area contributed by atoms with Crippen molar-refractivity contribution in [1.82, 2.24) is 24.6 Å². The van der Waals surface area contributed by atoms with Crippen LogP contribution in [0.25, 0.3) is 17.0 Å². The number of nitrogens with zero attached hydrogens (tertiary/aromatic N) is 6. The number of pyridine rings is 2. The molecule has 3 aromatic rings. The van der Waals surface area contributed by atoms with Crippen LogP contribution in [0.2, 0.25) is 0 Å². The fraction of sp³-hybridized carbons (Fsp3) is 0.360. The van der Waals surface area contributed by atoms with Gasteiger partial charge in [-0.15, -0.1) is 13.2 Å². The molecular weight excluding hydrogens is 489 g/mol. The summed E-state index contributed by atoms with van der Waals surface area (Å²) in [6.07, 6.45) is 1.77. The third kappa shape index (κ3) is 6.08. The van der Waals surface area contributed by atoms with Crippen LogP contribution in [-0.4, -0.2) is 64.2 Å². The van der Waals surface area contributed by atoms with Gasteiger partial charge in [0.1, 0.15) is 11.6 Å². The lowest BCUT2D eigenvalue weighted by Gasteiger charge is -2.33. The Morgan fingerprint density at radius 3 is 2.62 bits per heavy atom. The summed E-state index contributed by atoms with van der Waals surface area (Å²) in [6.45, 7) is 4.06. The summed E-state index contributed by atoms with van der Waals surface area (Å²) in [5, 5.41) is 3.97. The maximum atomic E-state index is 12.6. The maximum Gasteiger partial charge on any atom is 0.572 e. The van der Waals surface area contributed by atoms with Crippen LogP contribution in [0.4, 0.5) is 19.0 Å². The average molecular weight is 515 g/mol. The van der Waals surface area contributed by atoms with Gasteiger partial charge in [-0.2, -0.15) is 4.98 Å². The van der Waals surface area contributed by atoms with Gasteiger partial charge in [0.2, 0.25) is 0 Å². The molecule has 1 aliphatic carbocycles. The van der Waals surface area contributed by atoms with Crippen molar-refractivity contribution >= 4 is 11.4 Å². The molecule has 0 spiro atoms. The van der Waals surface area contributed by atoms with Crippen LogP contribution >= 0.6 is 0 Å². The number of aromatic nitrogens is 4. The van der Waals surface area contributed by atoms with Gasteiger partial charge in [0.05, 0.1) is 12.1 Å². The van der Waals surface area contributed by atoms with Crippen LogP contribution in [-0.2, 0) is 11.3 Å². The zero-order valence-electron chi connectivity index (χ0n) is 20.1. The van der Waals surface area contributed by atoms with Gasteiger partial charge in [0.15, 0.2) is 5.82 Å². The Balaban J connectivity index is 1.32. The maximum absolute atomic E-state index is 12.6. The Morgan fingerprint density at radius 1 is 1.08 bits per heavy atom. The highest BCUT2D eigenvalue weighted by molar-refractivity contribution is 5.65. The molecule has 0 atom stereocenters. The largest absolute Gasteiger partial charge is 0.572 e. The van der Waals surface area contributed by atoms with E-state index < -0.39 is 6.36 Å². The molecule has 12 heteroatoms. The van der Waals surface area contributed by atoms with Crippen molar-refractivity contribution in [3.05, 3.63) is 76.3 Å². The second-order valence-electron chi connectivity index (χ2n) is 8.99. The third-order valence-electron chi connectivity index (χ3n) is 6.29. The van der Waals surface area contributed by atoms with Gasteiger partial charge >= 0.3 is 6.36 Å². The minimum absolute atomic E-state index is 0.0716. The summed E-state index contributed by atoms with van der Waals surface area (Å²) >= 11 is 0. The molecule has 194 valence electrons. The molecule has 0 unspecified atom stereocenters. The van der Waals surface area contributed by atoms with Crippen molar-refractivity contribution in [2.75, 3.05) is 38.1 Å². The minimum Gasteiger partial charge on any atom is -0.410 e. The first-order valence-electron chi connectivity index (χ1n) is 11.8. The topological polar surface area (TPSA) is 89.5 Å². The molecular formula is C25H25F3N6O3. The van der Waals surface area contributed by atoms with Crippen molar-refractivity contribution in [1.29, 1.82) is 0 Å². The van der Waals surface area contributed by atoms with Crippen LogP contribution in [0.1, 0.15) is 24.2 Å². The van der Waals surface area contributed by atoms with Gasteiger partial charge in [-0.05, 0) is 43.3 Å². The van der Waals surface area contributed by atoms with Crippen molar-refractivity contribution in [3.63, 3.8) is 0 Å². The van der Waals surface area contributed by atoms with Crippen LogP contribution in [0, 0.1) is 0 Å². The lowest BCUT2D eigenvalue weighted by Crippen LogP contribution is -2.44. The van der Waals surface area contributed by atoms with Gasteiger partial charge in [0.25, 0.3) is 11.4 Å². The van der Waals surface area contributed by atoms with E-state index in [0.717, 1.165) is 37.6 Å². The predicted octanol–water partition coefficient (Wildman–Crippen LogP) is 3.69. The second-order valence-corrected chi connectivity index (χ2v) is 8.99.